The molecule has 0 atom stereocenters. The number of aryl methyl sites for hydroxylation is 3. The molecule has 0 unspecified atom stereocenters. The number of nitrogens with zero attached hydrogens (tertiary/aromatic N) is 1. The summed E-state index contributed by atoms with van der Waals surface area (Å²) in [6, 6.07) is 6.01. The number of H-pyrrole nitrogens is 1. The number of aromatic nitrogens is 2. The van der Waals surface area contributed by atoms with Gasteiger partial charge in [-0.2, -0.15) is 0 Å². The lowest BCUT2D eigenvalue weighted by Crippen LogP contribution is -1.94. The van der Waals surface area contributed by atoms with Crippen LogP contribution in [0.25, 0.3) is 11.4 Å². The zero-order valence-corrected chi connectivity index (χ0v) is 9.96. The van der Waals surface area contributed by atoms with Crippen molar-refractivity contribution in [1.82, 2.24) is 9.97 Å². The predicted molar refractivity (Wildman–Crippen MR) is 67.3 cm³/mol. The molecular weight excluding hydrogens is 198 g/mol. The van der Waals surface area contributed by atoms with Crippen LogP contribution in [0.5, 0.6) is 0 Å². The molecule has 1 aromatic heterocycles. The first-order valence-electron chi connectivity index (χ1n) is 5.54. The van der Waals surface area contributed by atoms with E-state index in [1.165, 1.54) is 0 Å². The molecule has 0 radical (unpaired) electrons. The van der Waals surface area contributed by atoms with Gasteiger partial charge < -0.3 is 10.7 Å². The topological polar surface area (TPSA) is 54.7 Å². The molecule has 0 bridgehead atoms. The van der Waals surface area contributed by atoms with Gasteiger partial charge in [-0.15, -0.1) is 0 Å². The maximum absolute atomic E-state index is 6.06. The van der Waals surface area contributed by atoms with E-state index in [1.54, 1.807) is 0 Å². The number of nitrogens with one attached hydrogen (secondary N) is 1. The second-order valence-electron chi connectivity index (χ2n) is 4.05. The Balaban J connectivity index is 2.54. The van der Waals surface area contributed by atoms with Crippen LogP contribution in [-0.2, 0) is 6.42 Å². The summed E-state index contributed by atoms with van der Waals surface area (Å²) in [7, 11) is 0. The van der Waals surface area contributed by atoms with Gasteiger partial charge in [0.15, 0.2) is 0 Å². The van der Waals surface area contributed by atoms with E-state index in [0.717, 1.165) is 40.4 Å². The van der Waals surface area contributed by atoms with Crippen LogP contribution >= 0.6 is 0 Å². The van der Waals surface area contributed by atoms with Crippen LogP contribution in [0.3, 0.4) is 0 Å². The Bertz CT molecular complexity index is 512. The van der Waals surface area contributed by atoms with Gasteiger partial charge in [0.25, 0.3) is 0 Å². The summed E-state index contributed by atoms with van der Waals surface area (Å²) < 4.78 is 0. The number of rotatable bonds is 2. The van der Waals surface area contributed by atoms with Crippen molar-refractivity contribution in [1.29, 1.82) is 0 Å². The van der Waals surface area contributed by atoms with E-state index >= 15 is 0 Å². The van der Waals surface area contributed by atoms with Gasteiger partial charge in [0, 0.05) is 16.9 Å². The number of nitrogen functional groups attached to an aromatic ring is 1. The number of para-hydroxylation sites is 1. The number of anilines is 1. The van der Waals surface area contributed by atoms with Gasteiger partial charge in [0.1, 0.15) is 5.82 Å². The molecule has 3 heteroatoms. The Morgan fingerprint density at radius 2 is 2.06 bits per heavy atom. The zero-order valence-electron chi connectivity index (χ0n) is 9.96. The third-order valence-corrected chi connectivity index (χ3v) is 2.90. The fourth-order valence-electron chi connectivity index (χ4n) is 1.86. The molecule has 0 spiro atoms. The van der Waals surface area contributed by atoms with Crippen LogP contribution in [-0.4, -0.2) is 9.97 Å². The number of imidazole rings is 1. The Kier molecular flexibility index (Phi) is 2.69. The first kappa shape index (κ1) is 10.7. The maximum atomic E-state index is 6.06. The van der Waals surface area contributed by atoms with Crippen LogP contribution in [0.1, 0.15) is 23.9 Å². The quantitative estimate of drug-likeness (QED) is 0.757. The highest BCUT2D eigenvalue weighted by atomic mass is 14.9. The lowest BCUT2D eigenvalue weighted by atomic mass is 10.1. The number of benzene rings is 1. The lowest BCUT2D eigenvalue weighted by molar-refractivity contribution is 1.04. The molecule has 3 N–H and O–H groups in total. The summed E-state index contributed by atoms with van der Waals surface area (Å²) in [6.45, 7) is 6.16. The van der Waals surface area contributed by atoms with Gasteiger partial charge in [0.2, 0.25) is 0 Å². The molecule has 2 rings (SSSR count). The first-order valence-corrected chi connectivity index (χ1v) is 5.54. The number of aromatic amines is 1. The highest BCUT2D eigenvalue weighted by molar-refractivity contribution is 5.74. The normalized spacial score (nSPS) is 10.7. The second-order valence-corrected chi connectivity index (χ2v) is 4.05. The lowest BCUT2D eigenvalue weighted by Gasteiger charge is -2.04. The van der Waals surface area contributed by atoms with E-state index in [0.29, 0.717) is 0 Å². The van der Waals surface area contributed by atoms with Crippen molar-refractivity contribution in [2.24, 2.45) is 0 Å². The Hall–Kier alpha value is -1.77. The second kappa shape index (κ2) is 4.00. The van der Waals surface area contributed by atoms with E-state index in [4.69, 9.17) is 5.73 Å². The molecule has 0 aliphatic carbocycles. The van der Waals surface area contributed by atoms with E-state index in [1.807, 2.05) is 32.0 Å². The largest absolute Gasteiger partial charge is 0.398 e. The third-order valence-electron chi connectivity index (χ3n) is 2.90. The SMILES string of the molecule is CCc1nc(-c2cccc(C)c2N)[nH]c1C. The minimum Gasteiger partial charge on any atom is -0.398 e. The molecule has 16 heavy (non-hydrogen) atoms. The van der Waals surface area contributed by atoms with Crippen molar-refractivity contribution in [2.75, 3.05) is 5.73 Å². The molecule has 2 aromatic rings. The fourth-order valence-corrected chi connectivity index (χ4v) is 1.86. The standard InChI is InChI=1S/C13H17N3/c1-4-11-9(3)15-13(16-11)10-7-5-6-8(2)12(10)14/h5-7H,4,14H2,1-3H3,(H,15,16). The minimum atomic E-state index is 0.805. The Labute approximate surface area is 95.7 Å². The number of nitrogens with two attached hydrogens (primary N) is 1. The highest BCUT2D eigenvalue weighted by Gasteiger charge is 2.10. The first-order chi connectivity index (χ1) is 7.63. The van der Waals surface area contributed by atoms with Gasteiger partial charge in [-0.25, -0.2) is 4.98 Å². The van der Waals surface area contributed by atoms with Crippen LogP contribution in [0.15, 0.2) is 18.2 Å². The molecule has 84 valence electrons. The van der Waals surface area contributed by atoms with Crippen molar-refractivity contribution in [2.45, 2.75) is 27.2 Å². The summed E-state index contributed by atoms with van der Waals surface area (Å²) in [5.41, 5.74) is 11.2. The van der Waals surface area contributed by atoms with Crippen molar-refractivity contribution in [3.63, 3.8) is 0 Å². The molecule has 0 aliphatic heterocycles. The van der Waals surface area contributed by atoms with Gasteiger partial charge in [-0.05, 0) is 31.9 Å². The van der Waals surface area contributed by atoms with Crippen LogP contribution in [0, 0.1) is 13.8 Å². The smallest absolute Gasteiger partial charge is 0.139 e. The molecule has 1 aromatic carbocycles. The molecule has 0 fully saturated rings. The maximum Gasteiger partial charge on any atom is 0.139 e. The Morgan fingerprint density at radius 1 is 1.31 bits per heavy atom. The summed E-state index contributed by atoms with van der Waals surface area (Å²) in [4.78, 5) is 7.85. The zero-order chi connectivity index (χ0) is 11.7. The molecule has 0 saturated heterocycles. The van der Waals surface area contributed by atoms with E-state index < -0.39 is 0 Å². The van der Waals surface area contributed by atoms with Crippen molar-refractivity contribution >= 4 is 5.69 Å². The van der Waals surface area contributed by atoms with E-state index in [2.05, 4.69) is 16.9 Å². The van der Waals surface area contributed by atoms with E-state index in [9.17, 15) is 0 Å². The van der Waals surface area contributed by atoms with Crippen molar-refractivity contribution in [3.05, 3.63) is 35.2 Å². The van der Waals surface area contributed by atoms with Crippen LogP contribution in [0.2, 0.25) is 0 Å². The molecule has 1 heterocycles. The summed E-state index contributed by atoms with van der Waals surface area (Å²) in [6.07, 6.45) is 0.939. The number of hydrogen-bond acceptors (Lipinski definition) is 2. The average Bonchev–Trinajstić information content (AvgIpc) is 2.63. The van der Waals surface area contributed by atoms with Gasteiger partial charge in [-0.1, -0.05) is 19.1 Å². The van der Waals surface area contributed by atoms with E-state index in [-0.39, 0.29) is 0 Å². The summed E-state index contributed by atoms with van der Waals surface area (Å²) >= 11 is 0. The molecule has 0 saturated carbocycles. The predicted octanol–water partition coefficient (Wildman–Crippen LogP) is 2.84. The van der Waals surface area contributed by atoms with Crippen molar-refractivity contribution in [3.8, 4) is 11.4 Å². The number of hydrogen-bond donors (Lipinski definition) is 2. The van der Waals surface area contributed by atoms with Gasteiger partial charge >= 0.3 is 0 Å². The van der Waals surface area contributed by atoms with Gasteiger partial charge in [-0.3, -0.25) is 0 Å². The van der Waals surface area contributed by atoms with Crippen LogP contribution in [0.4, 0.5) is 5.69 Å². The highest BCUT2D eigenvalue weighted by Crippen LogP contribution is 2.26. The fraction of sp³-hybridized carbons (Fsp3) is 0.308. The third kappa shape index (κ3) is 1.69. The molecule has 0 aliphatic rings. The minimum absolute atomic E-state index is 0.805. The van der Waals surface area contributed by atoms with Gasteiger partial charge in [0.05, 0.1) is 5.69 Å². The Morgan fingerprint density at radius 3 is 2.69 bits per heavy atom. The van der Waals surface area contributed by atoms with Crippen molar-refractivity contribution < 1.29 is 0 Å². The summed E-state index contributed by atoms with van der Waals surface area (Å²) in [5.74, 6) is 0.871. The summed E-state index contributed by atoms with van der Waals surface area (Å²) in [5, 5.41) is 0. The molecular formula is C13H17N3. The molecule has 3 nitrogen and oxygen atoms in total. The molecule has 0 amide bonds. The average molecular weight is 215 g/mol. The van der Waals surface area contributed by atoms with Crippen LogP contribution < -0.4 is 5.73 Å². The monoisotopic (exact) mass is 215 g/mol.